The molecular formula is C27H23F4N5O4. The molecule has 40 heavy (non-hydrogen) atoms. The molecule has 3 aliphatic rings. The van der Waals surface area contributed by atoms with Crippen molar-refractivity contribution in [3.63, 3.8) is 0 Å². The molecule has 2 aromatic carbocycles. The quantitative estimate of drug-likeness (QED) is 0.384. The van der Waals surface area contributed by atoms with Crippen molar-refractivity contribution < 1.29 is 36.7 Å². The topological polar surface area (TPSA) is 131 Å². The van der Waals surface area contributed by atoms with Gasteiger partial charge in [-0.3, -0.25) is 19.2 Å². The molecule has 2 fully saturated rings. The highest BCUT2D eigenvalue weighted by Gasteiger charge is 2.56. The first kappa shape index (κ1) is 27.1. The molecule has 3 N–H and O–H groups in total. The van der Waals surface area contributed by atoms with Crippen LogP contribution in [0.1, 0.15) is 36.8 Å². The number of rotatable bonds is 5. The summed E-state index contributed by atoms with van der Waals surface area (Å²) in [6.07, 6.45) is -3.27. The predicted molar refractivity (Wildman–Crippen MR) is 132 cm³/mol. The number of nitrogens with one attached hydrogen (secondary N) is 3. The lowest BCUT2D eigenvalue weighted by Gasteiger charge is -2.27. The zero-order chi connectivity index (χ0) is 28.8. The van der Waals surface area contributed by atoms with E-state index in [1.807, 2.05) is 5.32 Å². The van der Waals surface area contributed by atoms with Crippen LogP contribution in [0.4, 0.5) is 28.9 Å². The Hall–Kier alpha value is -4.47. The minimum Gasteiger partial charge on any atom is -0.336 e. The molecular weight excluding hydrogens is 534 g/mol. The number of halogens is 4. The Bertz CT molecular complexity index is 1450. The maximum Gasteiger partial charge on any atom is 0.418 e. The largest absolute Gasteiger partial charge is 0.418 e. The molecule has 208 valence electrons. The summed E-state index contributed by atoms with van der Waals surface area (Å²) in [4.78, 5) is 53.2. The highest BCUT2D eigenvalue weighted by atomic mass is 19.4. The number of benzene rings is 2. The number of likely N-dealkylation sites (tertiary alicyclic amines) is 1. The summed E-state index contributed by atoms with van der Waals surface area (Å²) in [6, 6.07) is 8.32. The van der Waals surface area contributed by atoms with E-state index >= 15 is 0 Å². The normalized spacial score (nSPS) is 22.3. The van der Waals surface area contributed by atoms with Crippen LogP contribution in [0.25, 0.3) is 0 Å². The molecule has 0 radical (unpaired) electrons. The van der Waals surface area contributed by atoms with Gasteiger partial charge in [-0.05, 0) is 42.2 Å². The van der Waals surface area contributed by atoms with Gasteiger partial charge < -0.3 is 20.9 Å². The van der Waals surface area contributed by atoms with Crippen molar-refractivity contribution >= 4 is 35.0 Å². The molecule has 2 heterocycles. The highest BCUT2D eigenvalue weighted by Crippen LogP contribution is 2.46. The van der Waals surface area contributed by atoms with Crippen LogP contribution in [0.5, 0.6) is 0 Å². The molecule has 0 aromatic heterocycles. The number of fused-ring (bicyclic) bond motifs is 2. The molecule has 1 unspecified atom stereocenters. The van der Waals surface area contributed by atoms with E-state index in [0.29, 0.717) is 23.4 Å². The number of para-hydroxylation sites is 1. The Morgan fingerprint density at radius 3 is 2.55 bits per heavy atom. The Labute approximate surface area is 225 Å². The van der Waals surface area contributed by atoms with E-state index in [-0.39, 0.29) is 37.3 Å². The zero-order valence-corrected chi connectivity index (χ0v) is 20.8. The first-order valence-electron chi connectivity index (χ1n) is 12.5. The standard InChI is InChI=1S/C27H23F4N5O4/c28-15-7-8-20(18(10-15)27(29,30)31)33-22(37)23(38)34-21(9-14-5-6-14)24(39)36-13-26(11-16(36)12-32)17-3-1-2-4-19(17)35-25(26)40/h1-4,7-8,10,14,16,21H,5-6,9,11,13H2,(H,33,37)(H,34,38)(H,35,40)/t16?,21-,26-/m0/s1. The third kappa shape index (κ3) is 4.97. The van der Waals surface area contributed by atoms with Gasteiger partial charge in [-0.15, -0.1) is 0 Å². The van der Waals surface area contributed by atoms with Gasteiger partial charge >= 0.3 is 18.0 Å². The van der Waals surface area contributed by atoms with Crippen LogP contribution in [0.3, 0.4) is 0 Å². The summed E-state index contributed by atoms with van der Waals surface area (Å²) in [6.45, 7) is -0.124. The average Bonchev–Trinajstić information content (AvgIpc) is 3.58. The van der Waals surface area contributed by atoms with Gasteiger partial charge in [-0.2, -0.15) is 18.4 Å². The number of nitriles is 1. The minimum absolute atomic E-state index is 0.0352. The van der Waals surface area contributed by atoms with Crippen LogP contribution in [0.2, 0.25) is 0 Å². The van der Waals surface area contributed by atoms with Gasteiger partial charge in [-0.25, -0.2) is 4.39 Å². The van der Waals surface area contributed by atoms with Crippen LogP contribution >= 0.6 is 0 Å². The maximum atomic E-state index is 13.7. The smallest absolute Gasteiger partial charge is 0.336 e. The summed E-state index contributed by atoms with van der Waals surface area (Å²) < 4.78 is 53.3. The van der Waals surface area contributed by atoms with Crippen LogP contribution in [0.15, 0.2) is 42.5 Å². The summed E-state index contributed by atoms with van der Waals surface area (Å²) >= 11 is 0. The first-order valence-corrected chi connectivity index (χ1v) is 12.5. The predicted octanol–water partition coefficient (Wildman–Crippen LogP) is 3.08. The molecule has 0 bridgehead atoms. The van der Waals surface area contributed by atoms with Crippen LogP contribution in [-0.4, -0.2) is 47.2 Å². The van der Waals surface area contributed by atoms with E-state index in [9.17, 15) is 42.0 Å². The molecule has 13 heteroatoms. The SMILES string of the molecule is N#CC1C[C@@]2(CN1C(=O)[C@H](CC1CC1)NC(=O)C(=O)Nc1ccc(F)cc1C(F)(F)F)C(=O)Nc1ccccc12. The van der Waals surface area contributed by atoms with Crippen LogP contribution in [-0.2, 0) is 30.8 Å². The fraction of sp³-hybridized carbons (Fsp3) is 0.370. The molecule has 1 aliphatic carbocycles. The lowest BCUT2D eigenvalue weighted by molar-refractivity contribution is -0.140. The Morgan fingerprint density at radius 1 is 1.15 bits per heavy atom. The molecule has 2 aliphatic heterocycles. The van der Waals surface area contributed by atoms with Gasteiger partial charge in [-0.1, -0.05) is 31.0 Å². The highest BCUT2D eigenvalue weighted by molar-refractivity contribution is 6.40. The van der Waals surface area contributed by atoms with Gasteiger partial charge in [0.05, 0.1) is 22.7 Å². The number of alkyl halides is 3. The number of carbonyl (C=O) groups excluding carboxylic acids is 4. The van der Waals surface area contributed by atoms with Crippen LogP contribution < -0.4 is 16.0 Å². The minimum atomic E-state index is -5.01. The second kappa shape index (κ2) is 9.93. The van der Waals surface area contributed by atoms with Gasteiger partial charge in [0.1, 0.15) is 17.9 Å². The lowest BCUT2D eigenvalue weighted by Crippen LogP contribution is -2.53. The van der Waals surface area contributed by atoms with E-state index in [0.717, 1.165) is 12.8 Å². The number of hydrogen-bond donors (Lipinski definition) is 3. The molecule has 1 saturated heterocycles. The molecule has 1 saturated carbocycles. The van der Waals surface area contributed by atoms with Crippen LogP contribution in [0, 0.1) is 23.1 Å². The van der Waals surface area contributed by atoms with E-state index in [1.54, 1.807) is 24.3 Å². The van der Waals surface area contributed by atoms with E-state index < -0.39 is 58.5 Å². The fourth-order valence-electron chi connectivity index (χ4n) is 5.36. The second-order valence-electron chi connectivity index (χ2n) is 10.2. The summed E-state index contributed by atoms with van der Waals surface area (Å²) in [5.41, 5.74) is -2.23. The number of amides is 4. The number of nitrogens with zero attached hydrogens (tertiary/aromatic N) is 2. The van der Waals surface area contributed by atoms with Crippen molar-refractivity contribution in [2.45, 2.75) is 49.4 Å². The summed E-state index contributed by atoms with van der Waals surface area (Å²) in [5, 5.41) is 16.8. The van der Waals surface area contributed by atoms with Gasteiger partial charge in [0.2, 0.25) is 11.8 Å². The van der Waals surface area contributed by atoms with Gasteiger partial charge in [0.15, 0.2) is 0 Å². The fourth-order valence-corrected chi connectivity index (χ4v) is 5.36. The number of carbonyl (C=O) groups is 4. The Kier molecular flexibility index (Phi) is 6.73. The monoisotopic (exact) mass is 557 g/mol. The Morgan fingerprint density at radius 2 is 1.88 bits per heavy atom. The molecule has 5 rings (SSSR count). The van der Waals surface area contributed by atoms with Gasteiger partial charge in [0, 0.05) is 18.7 Å². The average molecular weight is 558 g/mol. The molecule has 3 atom stereocenters. The molecule has 4 amide bonds. The van der Waals surface area contributed by atoms with Crippen molar-refractivity contribution in [2.24, 2.45) is 5.92 Å². The zero-order valence-electron chi connectivity index (χ0n) is 20.8. The van der Waals surface area contributed by atoms with Crippen molar-refractivity contribution in [3.8, 4) is 6.07 Å². The van der Waals surface area contributed by atoms with E-state index in [4.69, 9.17) is 0 Å². The Balaban J connectivity index is 1.35. The third-order valence-corrected chi connectivity index (χ3v) is 7.53. The van der Waals surface area contributed by atoms with Crippen molar-refractivity contribution in [2.75, 3.05) is 17.2 Å². The van der Waals surface area contributed by atoms with Crippen molar-refractivity contribution in [1.29, 1.82) is 5.26 Å². The maximum absolute atomic E-state index is 13.7. The number of anilines is 2. The number of hydrogen-bond acceptors (Lipinski definition) is 5. The second-order valence-corrected chi connectivity index (χ2v) is 10.2. The van der Waals surface area contributed by atoms with Crippen molar-refractivity contribution in [3.05, 3.63) is 59.4 Å². The third-order valence-electron chi connectivity index (χ3n) is 7.53. The lowest BCUT2D eigenvalue weighted by atomic mass is 9.80. The molecule has 9 nitrogen and oxygen atoms in total. The van der Waals surface area contributed by atoms with Crippen molar-refractivity contribution in [1.82, 2.24) is 10.2 Å². The van der Waals surface area contributed by atoms with E-state index in [1.165, 1.54) is 4.90 Å². The summed E-state index contributed by atoms with van der Waals surface area (Å²) in [5.74, 6) is -5.00. The molecule has 2 aromatic rings. The summed E-state index contributed by atoms with van der Waals surface area (Å²) in [7, 11) is 0. The first-order chi connectivity index (χ1) is 18.9. The van der Waals surface area contributed by atoms with E-state index in [2.05, 4.69) is 16.7 Å². The molecule has 1 spiro atoms. The van der Waals surface area contributed by atoms with Gasteiger partial charge in [0.25, 0.3) is 0 Å².